The first kappa shape index (κ1) is 50.1. The van der Waals surface area contributed by atoms with Gasteiger partial charge in [0.2, 0.25) is 11.5 Å². The molecule has 12 nitrogen and oxygen atoms in total. The van der Waals surface area contributed by atoms with Gasteiger partial charge in [-0.25, -0.2) is 4.79 Å². The van der Waals surface area contributed by atoms with Crippen LogP contribution in [-0.4, -0.2) is 105 Å². The molecule has 8 rings (SSSR count). The third kappa shape index (κ3) is 13.5. The molecule has 1 aromatic heterocycles. The van der Waals surface area contributed by atoms with Crippen molar-refractivity contribution < 1.29 is 28.6 Å². The molecule has 4 N–H and O–H groups in total. The number of benzene rings is 4. The minimum absolute atomic E-state index is 0.0205. The number of ether oxygens (including phenoxy) is 2. The number of aromatic hydroxyl groups is 1. The van der Waals surface area contributed by atoms with Gasteiger partial charge in [-0.15, -0.1) is 0 Å². The van der Waals surface area contributed by atoms with Crippen LogP contribution < -0.4 is 16.2 Å². The van der Waals surface area contributed by atoms with Crippen LogP contribution in [-0.2, 0) is 31.5 Å². The monoisotopic (exact) mass is 956 g/mol. The Hall–Kier alpha value is -5.31. The SMILES string of the molecule is CC(C)(C)[Si](C)(C)O[C@@H](CNCCN(CC1CC1)C(=O)CCOCCc1ccc(CCN2C[C@H]3C[C@@H](OC(=O)Nc4ccccc4-c4ccccc4)C[C@H]3C2)cc1)c1ccc(O)c2[nH]c(=O)ccc12. The summed E-state index contributed by atoms with van der Waals surface area (Å²) >= 11 is 0. The number of H-pyrrole nitrogens is 1. The van der Waals surface area contributed by atoms with Gasteiger partial charge in [-0.05, 0) is 115 Å². The summed E-state index contributed by atoms with van der Waals surface area (Å²) in [7, 11) is -2.22. The summed E-state index contributed by atoms with van der Waals surface area (Å²) < 4.78 is 18.9. The fourth-order valence-electron chi connectivity index (χ4n) is 9.81. The second-order valence-electron chi connectivity index (χ2n) is 21.1. The van der Waals surface area contributed by atoms with E-state index in [9.17, 15) is 19.5 Å². The van der Waals surface area contributed by atoms with E-state index in [-0.39, 0.29) is 40.6 Å². The van der Waals surface area contributed by atoms with Crippen LogP contribution in [0.5, 0.6) is 5.75 Å². The Balaban J connectivity index is 0.725. The summed E-state index contributed by atoms with van der Waals surface area (Å²) in [5, 5.41) is 17.9. The Morgan fingerprint density at radius 3 is 2.28 bits per heavy atom. The van der Waals surface area contributed by atoms with Crippen molar-refractivity contribution in [3.8, 4) is 16.9 Å². The molecular weight excluding hydrogens is 883 g/mol. The molecule has 2 aliphatic carbocycles. The van der Waals surface area contributed by atoms with Crippen molar-refractivity contribution in [1.29, 1.82) is 0 Å². The summed E-state index contributed by atoms with van der Waals surface area (Å²) in [4.78, 5) is 46.0. The van der Waals surface area contributed by atoms with Crippen molar-refractivity contribution >= 4 is 36.9 Å². The van der Waals surface area contributed by atoms with Gasteiger partial charge < -0.3 is 39.1 Å². The molecule has 2 heterocycles. The van der Waals surface area contributed by atoms with Crippen LogP contribution in [0.1, 0.15) is 75.7 Å². The fraction of sp³-hybridized carbons (Fsp3) is 0.482. The minimum Gasteiger partial charge on any atom is -0.506 e. The molecule has 5 aromatic rings. The molecule has 3 fully saturated rings. The van der Waals surface area contributed by atoms with Crippen molar-refractivity contribution in [2.45, 2.75) is 96.1 Å². The highest BCUT2D eigenvalue weighted by atomic mass is 28.4. The van der Waals surface area contributed by atoms with Crippen LogP contribution in [0.3, 0.4) is 0 Å². The van der Waals surface area contributed by atoms with Crippen LogP contribution in [0, 0.1) is 17.8 Å². The average molecular weight is 956 g/mol. The number of hydrogen-bond acceptors (Lipinski definition) is 9. The number of nitrogens with one attached hydrogen (secondary N) is 3. The number of aromatic nitrogens is 1. The lowest BCUT2D eigenvalue weighted by Gasteiger charge is -2.39. The lowest BCUT2D eigenvalue weighted by molar-refractivity contribution is -0.132. The number of carbonyl (C=O) groups excluding carboxylic acids is 2. The fourth-order valence-corrected chi connectivity index (χ4v) is 11.1. The Labute approximate surface area is 409 Å². The molecule has 0 bridgehead atoms. The lowest BCUT2D eigenvalue weighted by atomic mass is 10.0. The molecule has 4 aromatic carbocycles. The molecule has 0 radical (unpaired) electrons. The van der Waals surface area contributed by atoms with Gasteiger partial charge >= 0.3 is 6.09 Å². The van der Waals surface area contributed by atoms with Gasteiger partial charge in [0.05, 0.1) is 36.9 Å². The number of fused-ring (bicyclic) bond motifs is 2. The third-order valence-corrected chi connectivity index (χ3v) is 19.4. The van der Waals surface area contributed by atoms with E-state index < -0.39 is 8.32 Å². The topological polar surface area (TPSA) is 145 Å². The number of para-hydroxylation sites is 1. The van der Waals surface area contributed by atoms with Gasteiger partial charge in [0.15, 0.2) is 8.32 Å². The Bertz CT molecular complexity index is 2540. The molecule has 2 saturated carbocycles. The third-order valence-electron chi connectivity index (χ3n) is 15.0. The molecule has 4 atom stereocenters. The highest BCUT2D eigenvalue weighted by Gasteiger charge is 2.42. The van der Waals surface area contributed by atoms with Crippen molar-refractivity contribution in [2.75, 3.05) is 64.3 Å². The number of rotatable bonds is 22. The van der Waals surface area contributed by atoms with Crippen molar-refractivity contribution in [3.05, 3.63) is 130 Å². The number of phenolic OH excluding ortho intramolecular Hbond substituents is 1. The zero-order chi connectivity index (χ0) is 48.5. The molecule has 3 aliphatic rings. The highest BCUT2D eigenvalue weighted by Crippen LogP contribution is 2.42. The standard InChI is InChI=1S/C56H73N5O7Si/c1-56(2,3)69(4,5)68-51(47-21-23-50(62)54-48(47)22-24-52(63)59-54)35-57-28-30-61(36-41-19-20-41)53(64)27-32-66-31-26-40-17-15-39(16-18-40)25-29-60-37-43-33-45(34-44(43)38-60)67-55(65)58-49-14-10-9-13-46(49)42-11-7-6-8-12-42/h6-18,21-24,41,43-45,51,57,62H,19-20,25-38H2,1-5H3,(H,58,65)(H,59,63)/t43-,44+,45-,51-/m0/s1. The van der Waals surface area contributed by atoms with Crippen LogP contribution in [0.25, 0.3) is 22.0 Å². The highest BCUT2D eigenvalue weighted by molar-refractivity contribution is 6.74. The number of aromatic amines is 1. The Kier molecular flexibility index (Phi) is 16.4. The quantitative estimate of drug-likeness (QED) is 0.0394. The van der Waals surface area contributed by atoms with Crippen LogP contribution in [0.15, 0.2) is 108 Å². The normalized spacial score (nSPS) is 18.8. The largest absolute Gasteiger partial charge is 0.506 e. The first-order chi connectivity index (χ1) is 33.2. The van der Waals surface area contributed by atoms with Crippen molar-refractivity contribution in [2.24, 2.45) is 17.8 Å². The van der Waals surface area contributed by atoms with E-state index in [1.54, 1.807) is 12.1 Å². The first-order valence-corrected chi connectivity index (χ1v) is 28.1. The number of pyridine rings is 1. The molecule has 1 aliphatic heterocycles. The number of likely N-dealkylation sites (tertiary alicyclic amines) is 1. The van der Waals surface area contributed by atoms with Crippen molar-refractivity contribution in [3.63, 3.8) is 0 Å². The second-order valence-corrected chi connectivity index (χ2v) is 25.9. The smallest absolute Gasteiger partial charge is 0.411 e. The Morgan fingerprint density at radius 1 is 0.870 bits per heavy atom. The number of carbonyl (C=O) groups is 2. The zero-order valence-corrected chi connectivity index (χ0v) is 42.3. The van der Waals surface area contributed by atoms with Crippen LogP contribution >= 0.6 is 0 Å². The number of nitrogens with zero attached hydrogens (tertiary/aromatic N) is 2. The Morgan fingerprint density at radius 2 is 1.57 bits per heavy atom. The molecular formula is C56H73N5O7Si. The maximum atomic E-state index is 13.5. The van der Waals surface area contributed by atoms with Gasteiger partial charge in [0, 0.05) is 62.8 Å². The van der Waals surface area contributed by atoms with E-state index in [4.69, 9.17) is 13.9 Å². The van der Waals surface area contributed by atoms with Gasteiger partial charge in [0.25, 0.3) is 0 Å². The van der Waals surface area contributed by atoms with Gasteiger partial charge in [-0.2, -0.15) is 0 Å². The average Bonchev–Trinajstić information content (AvgIpc) is 3.96. The number of phenols is 1. The molecule has 69 heavy (non-hydrogen) atoms. The van der Waals surface area contributed by atoms with Gasteiger partial charge in [-0.1, -0.05) is 99.6 Å². The molecule has 2 amide bonds. The lowest BCUT2D eigenvalue weighted by Crippen LogP contribution is -2.44. The van der Waals surface area contributed by atoms with Crippen LogP contribution in [0.2, 0.25) is 18.1 Å². The van der Waals surface area contributed by atoms with E-state index >= 15 is 0 Å². The summed E-state index contributed by atoms with van der Waals surface area (Å²) in [6.45, 7) is 17.7. The maximum absolute atomic E-state index is 13.5. The number of hydrogen-bond donors (Lipinski definition) is 4. The predicted molar refractivity (Wildman–Crippen MR) is 277 cm³/mol. The molecule has 0 spiro atoms. The van der Waals surface area contributed by atoms with Crippen molar-refractivity contribution in [1.82, 2.24) is 20.1 Å². The number of anilines is 1. The number of amides is 2. The van der Waals surface area contributed by atoms with Gasteiger partial charge in [-0.3, -0.25) is 14.9 Å². The molecule has 13 heteroatoms. The van der Waals surface area contributed by atoms with Gasteiger partial charge in [0.1, 0.15) is 11.9 Å². The maximum Gasteiger partial charge on any atom is 0.411 e. The molecule has 1 saturated heterocycles. The zero-order valence-electron chi connectivity index (χ0n) is 41.3. The second kappa shape index (κ2) is 22.6. The van der Waals surface area contributed by atoms with E-state index in [0.717, 1.165) is 92.5 Å². The molecule has 0 unspecified atom stereocenters. The molecule has 368 valence electrons. The minimum atomic E-state index is -2.22. The summed E-state index contributed by atoms with van der Waals surface area (Å²) in [5.74, 6) is 1.83. The summed E-state index contributed by atoms with van der Waals surface area (Å²) in [6, 6.07) is 33.5. The van der Waals surface area contributed by atoms with Crippen LogP contribution in [0.4, 0.5) is 10.5 Å². The van der Waals surface area contributed by atoms with E-state index in [2.05, 4.69) is 78.6 Å². The van der Waals surface area contributed by atoms with E-state index in [0.29, 0.717) is 62.5 Å². The summed E-state index contributed by atoms with van der Waals surface area (Å²) in [5.41, 5.74) is 6.39. The first-order valence-electron chi connectivity index (χ1n) is 25.2. The van der Waals surface area contributed by atoms with E-state index in [1.165, 1.54) is 17.2 Å². The summed E-state index contributed by atoms with van der Waals surface area (Å²) in [6.07, 6.45) is 5.56. The predicted octanol–water partition coefficient (Wildman–Crippen LogP) is 9.94. The van der Waals surface area contributed by atoms with E-state index in [1.807, 2.05) is 65.6 Å².